The number of hydrogen-bond acceptors (Lipinski definition) is 6. The normalized spacial score (nSPS) is 16.0. The molecule has 6 nitrogen and oxygen atoms in total. The van der Waals surface area contributed by atoms with Crippen molar-refractivity contribution in [2.45, 2.75) is 45.0 Å². The van der Waals surface area contributed by atoms with Crippen LogP contribution in [0.2, 0.25) is 0 Å². The summed E-state index contributed by atoms with van der Waals surface area (Å²) >= 11 is 1.55. The minimum atomic E-state index is -0.411. The molecule has 126 valence electrons. The second-order valence-electron chi connectivity index (χ2n) is 5.48. The van der Waals surface area contributed by atoms with Crippen molar-refractivity contribution in [3.8, 4) is 17.1 Å². The smallest absolute Gasteiger partial charge is 0.247 e. The number of carbonyl (C=O) groups is 1. The van der Waals surface area contributed by atoms with Crippen molar-refractivity contribution in [1.82, 2.24) is 15.2 Å². The third-order valence-electron chi connectivity index (χ3n) is 3.71. The minimum Gasteiger partial charge on any atom is -0.451 e. The molecule has 24 heavy (non-hydrogen) atoms. The van der Waals surface area contributed by atoms with Gasteiger partial charge in [-0.1, -0.05) is 43.8 Å². The van der Waals surface area contributed by atoms with E-state index < -0.39 is 6.23 Å². The van der Waals surface area contributed by atoms with E-state index in [4.69, 9.17) is 4.74 Å². The first-order valence-corrected chi connectivity index (χ1v) is 9.07. The lowest BCUT2D eigenvalue weighted by Gasteiger charge is -2.28. The number of fused-ring (bicyclic) bond motifs is 3. The number of carbonyl (C=O) groups excluding carboxylic acids is 1. The van der Waals surface area contributed by atoms with Gasteiger partial charge in [-0.05, 0) is 12.5 Å². The predicted octanol–water partition coefficient (Wildman–Crippen LogP) is 3.52. The molecule has 1 aliphatic heterocycles. The van der Waals surface area contributed by atoms with Gasteiger partial charge in [0.1, 0.15) is 0 Å². The van der Waals surface area contributed by atoms with Gasteiger partial charge in [0.25, 0.3) is 0 Å². The van der Waals surface area contributed by atoms with Gasteiger partial charge in [-0.2, -0.15) is 4.98 Å². The Morgan fingerprint density at radius 1 is 1.29 bits per heavy atom. The van der Waals surface area contributed by atoms with Crippen molar-refractivity contribution in [2.24, 2.45) is 0 Å². The molecule has 0 unspecified atom stereocenters. The molecule has 0 fully saturated rings. The highest BCUT2D eigenvalue weighted by atomic mass is 32.2. The monoisotopic (exact) mass is 344 g/mol. The number of anilines is 1. The molecular weight excluding hydrogens is 324 g/mol. The van der Waals surface area contributed by atoms with Crippen LogP contribution in [-0.2, 0) is 4.79 Å². The highest BCUT2D eigenvalue weighted by Crippen LogP contribution is 2.39. The van der Waals surface area contributed by atoms with Gasteiger partial charge in [0.05, 0.1) is 5.69 Å². The molecule has 1 amide bonds. The average Bonchev–Trinajstić information content (AvgIpc) is 2.73. The number of para-hydroxylation sites is 1. The third kappa shape index (κ3) is 3.08. The van der Waals surface area contributed by atoms with Crippen molar-refractivity contribution in [1.29, 1.82) is 0 Å². The molecule has 0 spiro atoms. The summed E-state index contributed by atoms with van der Waals surface area (Å²) in [6.07, 6.45) is 1.27. The summed E-state index contributed by atoms with van der Waals surface area (Å²) < 4.78 is 6.06. The highest BCUT2D eigenvalue weighted by Gasteiger charge is 2.32. The minimum absolute atomic E-state index is 0.0735. The molecule has 1 aliphatic rings. The van der Waals surface area contributed by atoms with Crippen molar-refractivity contribution >= 4 is 23.4 Å². The second-order valence-corrected chi connectivity index (χ2v) is 6.55. The number of benzene rings is 1. The third-order valence-corrected chi connectivity index (χ3v) is 4.76. The lowest BCUT2D eigenvalue weighted by molar-refractivity contribution is -0.118. The van der Waals surface area contributed by atoms with E-state index in [9.17, 15) is 4.79 Å². The quantitative estimate of drug-likeness (QED) is 0.791. The van der Waals surface area contributed by atoms with E-state index >= 15 is 0 Å². The summed E-state index contributed by atoms with van der Waals surface area (Å²) in [6.45, 7) is 5.63. The molecule has 0 aliphatic carbocycles. The molecule has 2 aromatic rings. The Balaban J connectivity index is 2.13. The summed E-state index contributed by atoms with van der Waals surface area (Å²) in [5, 5.41) is 9.15. The van der Waals surface area contributed by atoms with E-state index in [-0.39, 0.29) is 5.91 Å². The molecule has 1 atom stereocenters. The zero-order valence-corrected chi connectivity index (χ0v) is 14.8. The van der Waals surface area contributed by atoms with Crippen LogP contribution in [0.25, 0.3) is 11.3 Å². The van der Waals surface area contributed by atoms with Crippen LogP contribution in [0.4, 0.5) is 5.69 Å². The number of nitrogens with zero attached hydrogens (tertiary/aromatic N) is 4. The van der Waals surface area contributed by atoms with Crippen LogP contribution in [0, 0.1) is 0 Å². The fraction of sp³-hybridized carbons (Fsp3) is 0.412. The van der Waals surface area contributed by atoms with Gasteiger partial charge in [0, 0.05) is 24.7 Å². The first kappa shape index (κ1) is 16.7. The van der Waals surface area contributed by atoms with Crippen LogP contribution >= 0.6 is 11.8 Å². The maximum Gasteiger partial charge on any atom is 0.247 e. The van der Waals surface area contributed by atoms with Crippen LogP contribution in [0.1, 0.15) is 33.6 Å². The summed E-state index contributed by atoms with van der Waals surface area (Å²) in [5.74, 6) is 1.29. The van der Waals surface area contributed by atoms with Crippen LogP contribution in [0.15, 0.2) is 29.4 Å². The molecule has 0 saturated heterocycles. The van der Waals surface area contributed by atoms with Gasteiger partial charge in [-0.15, -0.1) is 10.2 Å². The van der Waals surface area contributed by atoms with Crippen molar-refractivity contribution in [2.75, 3.05) is 10.7 Å². The van der Waals surface area contributed by atoms with E-state index in [1.165, 1.54) is 0 Å². The largest absolute Gasteiger partial charge is 0.451 e. The predicted molar refractivity (Wildman–Crippen MR) is 94.1 cm³/mol. The standard InChI is InChI=1S/C17H20N4O2S/c1-4-10-24-17-18-16-15(19-20-17)12-8-6-7-9-13(12)21(11(3)22)14(5-2)23-16/h6-9,14H,4-5,10H2,1-3H3/t14-/m1/s1. The van der Waals surface area contributed by atoms with Gasteiger partial charge in [0.2, 0.25) is 16.9 Å². The number of hydrogen-bond donors (Lipinski definition) is 0. The fourth-order valence-corrected chi connectivity index (χ4v) is 3.30. The van der Waals surface area contributed by atoms with Crippen molar-refractivity contribution in [3.05, 3.63) is 24.3 Å². The molecule has 2 heterocycles. The molecular formula is C17H20N4O2S. The van der Waals surface area contributed by atoms with Gasteiger partial charge >= 0.3 is 0 Å². The SMILES string of the molecule is CCCSc1nnc2c(n1)O[C@H](CC)N(C(C)=O)c1ccccc1-2. The topological polar surface area (TPSA) is 68.2 Å². The maximum absolute atomic E-state index is 12.2. The van der Waals surface area contributed by atoms with Crippen LogP contribution < -0.4 is 9.64 Å². The van der Waals surface area contributed by atoms with Crippen LogP contribution in [-0.4, -0.2) is 33.1 Å². The summed E-state index contributed by atoms with van der Waals surface area (Å²) in [5.41, 5.74) is 2.17. The van der Waals surface area contributed by atoms with Gasteiger partial charge < -0.3 is 4.74 Å². The van der Waals surface area contributed by atoms with Crippen molar-refractivity contribution < 1.29 is 9.53 Å². The van der Waals surface area contributed by atoms with E-state index in [1.54, 1.807) is 23.6 Å². The Morgan fingerprint density at radius 2 is 2.08 bits per heavy atom. The molecule has 0 saturated carbocycles. The summed E-state index contributed by atoms with van der Waals surface area (Å²) in [7, 11) is 0. The van der Waals surface area contributed by atoms with E-state index in [0.29, 0.717) is 23.2 Å². The Morgan fingerprint density at radius 3 is 2.79 bits per heavy atom. The van der Waals surface area contributed by atoms with E-state index in [1.807, 2.05) is 31.2 Å². The molecule has 7 heteroatoms. The van der Waals surface area contributed by atoms with Gasteiger partial charge in [0.15, 0.2) is 11.9 Å². The van der Waals surface area contributed by atoms with Gasteiger partial charge in [-0.3, -0.25) is 9.69 Å². The summed E-state index contributed by atoms with van der Waals surface area (Å²) in [6, 6.07) is 7.63. The van der Waals surface area contributed by atoms with Crippen LogP contribution in [0.5, 0.6) is 5.88 Å². The fourth-order valence-electron chi connectivity index (χ4n) is 2.66. The second kappa shape index (κ2) is 7.17. The number of thioether (sulfide) groups is 1. The Hall–Kier alpha value is -2.15. The zero-order valence-electron chi connectivity index (χ0n) is 14.0. The van der Waals surface area contributed by atoms with Gasteiger partial charge in [-0.25, -0.2) is 0 Å². The number of ether oxygens (including phenoxy) is 1. The van der Waals surface area contributed by atoms with Crippen LogP contribution in [0.3, 0.4) is 0 Å². The molecule has 0 bridgehead atoms. The first-order valence-electron chi connectivity index (χ1n) is 8.09. The molecule has 3 rings (SSSR count). The Bertz CT molecular complexity index is 753. The number of amides is 1. The molecule has 0 radical (unpaired) electrons. The molecule has 0 N–H and O–H groups in total. The van der Waals surface area contributed by atoms with Crippen molar-refractivity contribution in [3.63, 3.8) is 0 Å². The lowest BCUT2D eigenvalue weighted by atomic mass is 10.1. The Labute approximate surface area is 145 Å². The Kier molecular flexibility index (Phi) is 4.99. The average molecular weight is 344 g/mol. The lowest BCUT2D eigenvalue weighted by Crippen LogP contribution is -2.42. The number of aromatic nitrogens is 3. The summed E-state index contributed by atoms with van der Waals surface area (Å²) in [4.78, 5) is 18.4. The highest BCUT2D eigenvalue weighted by molar-refractivity contribution is 7.99. The van der Waals surface area contributed by atoms with E-state index in [0.717, 1.165) is 23.4 Å². The maximum atomic E-state index is 12.2. The zero-order chi connectivity index (χ0) is 17.1. The molecule has 1 aromatic heterocycles. The first-order chi connectivity index (χ1) is 11.7. The molecule has 1 aromatic carbocycles. The van der Waals surface area contributed by atoms with E-state index in [2.05, 4.69) is 22.1 Å². The number of rotatable bonds is 4.